The molecule has 114 valence electrons. The Balaban J connectivity index is 0.00000361. The molecule has 1 aromatic heterocycles. The summed E-state index contributed by atoms with van der Waals surface area (Å²) in [4.78, 5) is 8.72. The van der Waals surface area contributed by atoms with Gasteiger partial charge in [0.2, 0.25) is 5.88 Å². The second-order valence-electron chi connectivity index (χ2n) is 4.32. The maximum Gasteiger partial charge on any atom is 0.218 e. The number of pyridine rings is 1. The van der Waals surface area contributed by atoms with Gasteiger partial charge in [0, 0.05) is 24.3 Å². The first-order chi connectivity index (χ1) is 9.21. The quantitative estimate of drug-likeness (QED) is 0.444. The van der Waals surface area contributed by atoms with E-state index < -0.39 is 0 Å². The van der Waals surface area contributed by atoms with E-state index in [0.29, 0.717) is 18.5 Å². The Kier molecular flexibility index (Phi) is 10.1. The van der Waals surface area contributed by atoms with E-state index in [1.165, 1.54) is 0 Å². The highest BCUT2D eigenvalue weighted by Gasteiger charge is 2.05. The number of halogens is 1. The van der Waals surface area contributed by atoms with Crippen LogP contribution in [0.4, 0.5) is 0 Å². The number of methoxy groups -OCH3 is 1. The van der Waals surface area contributed by atoms with Crippen molar-refractivity contribution < 1.29 is 4.74 Å². The topological polar surface area (TPSA) is 58.5 Å². The van der Waals surface area contributed by atoms with Crippen LogP contribution in [0, 0.1) is 0 Å². The number of nitrogens with zero attached hydrogens (tertiary/aromatic N) is 2. The fraction of sp³-hybridized carbons (Fsp3) is 0.571. The summed E-state index contributed by atoms with van der Waals surface area (Å²) in [5.74, 6) is 1.45. The lowest BCUT2D eigenvalue weighted by Gasteiger charge is -2.16. The summed E-state index contributed by atoms with van der Waals surface area (Å²) in [5.41, 5.74) is 0.978. The second-order valence-corrected chi connectivity index (χ2v) is 4.32. The van der Waals surface area contributed by atoms with Crippen molar-refractivity contribution in [3.05, 3.63) is 23.9 Å². The Morgan fingerprint density at radius 3 is 2.80 bits per heavy atom. The third-order valence-electron chi connectivity index (χ3n) is 2.79. The molecule has 0 fully saturated rings. The zero-order valence-corrected chi connectivity index (χ0v) is 15.0. The minimum absolute atomic E-state index is 0. The minimum Gasteiger partial charge on any atom is -0.481 e. The monoisotopic (exact) mass is 392 g/mol. The van der Waals surface area contributed by atoms with Crippen LogP contribution in [-0.2, 0) is 6.54 Å². The molecule has 1 heterocycles. The standard InChI is InChI=1S/C14H24N4O.HI/c1-5-11(3)18-14(15-6-2)17-10-12-8-7-9-16-13(12)19-4;/h7-9,11H,5-6,10H2,1-4H3,(H2,15,17,18);1H. The molecule has 1 rings (SSSR count). The second kappa shape index (κ2) is 10.7. The summed E-state index contributed by atoms with van der Waals surface area (Å²) < 4.78 is 5.22. The molecule has 0 radical (unpaired) electrons. The Bertz CT molecular complexity index is 412. The Morgan fingerprint density at radius 1 is 1.45 bits per heavy atom. The van der Waals surface area contributed by atoms with Crippen LogP contribution in [-0.4, -0.2) is 30.6 Å². The Morgan fingerprint density at radius 2 is 2.20 bits per heavy atom. The van der Waals surface area contributed by atoms with Crippen molar-refractivity contribution in [3.8, 4) is 5.88 Å². The summed E-state index contributed by atoms with van der Waals surface area (Å²) in [6.45, 7) is 7.72. The van der Waals surface area contributed by atoms with Gasteiger partial charge < -0.3 is 15.4 Å². The summed E-state index contributed by atoms with van der Waals surface area (Å²) in [5, 5.41) is 6.59. The number of guanidine groups is 1. The highest BCUT2D eigenvalue weighted by molar-refractivity contribution is 14.0. The van der Waals surface area contributed by atoms with Crippen molar-refractivity contribution in [1.29, 1.82) is 0 Å². The minimum atomic E-state index is 0. The van der Waals surface area contributed by atoms with E-state index in [4.69, 9.17) is 4.74 Å². The fourth-order valence-electron chi connectivity index (χ4n) is 1.55. The summed E-state index contributed by atoms with van der Waals surface area (Å²) in [7, 11) is 1.62. The lowest BCUT2D eigenvalue weighted by atomic mass is 10.2. The Labute approximate surface area is 138 Å². The van der Waals surface area contributed by atoms with Gasteiger partial charge in [0.1, 0.15) is 0 Å². The van der Waals surface area contributed by atoms with Gasteiger partial charge in [-0.25, -0.2) is 9.98 Å². The van der Waals surface area contributed by atoms with Crippen molar-refractivity contribution in [3.63, 3.8) is 0 Å². The lowest BCUT2D eigenvalue weighted by molar-refractivity contribution is 0.392. The van der Waals surface area contributed by atoms with Crippen molar-refractivity contribution in [2.75, 3.05) is 13.7 Å². The molecule has 0 aliphatic carbocycles. The molecule has 0 amide bonds. The van der Waals surface area contributed by atoms with Crippen LogP contribution in [0.15, 0.2) is 23.3 Å². The SMILES string of the molecule is CCNC(=NCc1cccnc1OC)NC(C)CC.I. The first kappa shape index (κ1) is 18.9. The molecule has 0 aliphatic heterocycles. The van der Waals surface area contributed by atoms with E-state index in [9.17, 15) is 0 Å². The molecule has 1 atom stereocenters. The molecule has 20 heavy (non-hydrogen) atoms. The van der Waals surface area contributed by atoms with E-state index in [1.54, 1.807) is 13.3 Å². The molecule has 1 aromatic rings. The van der Waals surface area contributed by atoms with Gasteiger partial charge in [0.25, 0.3) is 0 Å². The molecule has 0 spiro atoms. The van der Waals surface area contributed by atoms with Crippen LogP contribution in [0.3, 0.4) is 0 Å². The molecule has 0 aliphatic rings. The largest absolute Gasteiger partial charge is 0.481 e. The fourth-order valence-corrected chi connectivity index (χ4v) is 1.55. The zero-order chi connectivity index (χ0) is 14.1. The average Bonchev–Trinajstić information content (AvgIpc) is 2.45. The number of rotatable bonds is 6. The predicted octanol–water partition coefficient (Wildman–Crippen LogP) is 2.56. The number of hydrogen-bond donors (Lipinski definition) is 2. The van der Waals surface area contributed by atoms with Crippen molar-refractivity contribution in [2.24, 2.45) is 4.99 Å². The van der Waals surface area contributed by atoms with Crippen molar-refractivity contribution in [1.82, 2.24) is 15.6 Å². The van der Waals surface area contributed by atoms with Gasteiger partial charge in [-0.15, -0.1) is 24.0 Å². The van der Waals surface area contributed by atoms with Gasteiger partial charge in [-0.1, -0.05) is 13.0 Å². The molecule has 0 saturated carbocycles. The molecular formula is C14H25IN4O. The maximum absolute atomic E-state index is 5.22. The molecule has 5 nitrogen and oxygen atoms in total. The number of aliphatic imine (C=N–C) groups is 1. The van der Waals surface area contributed by atoms with Gasteiger partial charge in [-0.05, 0) is 26.3 Å². The van der Waals surface area contributed by atoms with Crippen LogP contribution in [0.25, 0.3) is 0 Å². The third kappa shape index (κ3) is 6.40. The van der Waals surface area contributed by atoms with E-state index >= 15 is 0 Å². The van der Waals surface area contributed by atoms with Crippen LogP contribution < -0.4 is 15.4 Å². The van der Waals surface area contributed by atoms with Crippen molar-refractivity contribution in [2.45, 2.75) is 39.8 Å². The number of nitrogens with one attached hydrogen (secondary N) is 2. The molecular weight excluding hydrogens is 367 g/mol. The van der Waals surface area contributed by atoms with Crippen LogP contribution in [0.1, 0.15) is 32.8 Å². The lowest BCUT2D eigenvalue weighted by Crippen LogP contribution is -2.41. The van der Waals surface area contributed by atoms with Gasteiger partial charge in [-0.3, -0.25) is 0 Å². The van der Waals surface area contributed by atoms with E-state index in [2.05, 4.69) is 41.4 Å². The van der Waals surface area contributed by atoms with Crippen molar-refractivity contribution >= 4 is 29.9 Å². The van der Waals surface area contributed by atoms with Gasteiger partial charge in [0.05, 0.1) is 13.7 Å². The number of ether oxygens (including phenoxy) is 1. The number of hydrogen-bond acceptors (Lipinski definition) is 3. The highest BCUT2D eigenvalue weighted by Crippen LogP contribution is 2.14. The maximum atomic E-state index is 5.22. The predicted molar refractivity (Wildman–Crippen MR) is 93.9 cm³/mol. The molecule has 1 unspecified atom stereocenters. The van der Waals surface area contributed by atoms with Gasteiger partial charge >= 0.3 is 0 Å². The number of aromatic nitrogens is 1. The van der Waals surface area contributed by atoms with Crippen LogP contribution in [0.5, 0.6) is 5.88 Å². The Hall–Kier alpha value is -1.05. The van der Waals surface area contributed by atoms with E-state index in [-0.39, 0.29) is 24.0 Å². The van der Waals surface area contributed by atoms with E-state index in [0.717, 1.165) is 24.5 Å². The summed E-state index contributed by atoms with van der Waals surface area (Å²) in [6, 6.07) is 4.26. The molecule has 2 N–H and O–H groups in total. The zero-order valence-electron chi connectivity index (χ0n) is 12.6. The van der Waals surface area contributed by atoms with Gasteiger partial charge in [0.15, 0.2) is 5.96 Å². The normalized spacial score (nSPS) is 12.3. The van der Waals surface area contributed by atoms with Gasteiger partial charge in [-0.2, -0.15) is 0 Å². The van der Waals surface area contributed by atoms with E-state index in [1.807, 2.05) is 12.1 Å². The first-order valence-electron chi connectivity index (χ1n) is 6.73. The molecule has 6 heteroatoms. The molecule has 0 bridgehead atoms. The van der Waals surface area contributed by atoms with Crippen LogP contribution >= 0.6 is 24.0 Å². The molecule has 0 saturated heterocycles. The molecule has 0 aromatic carbocycles. The average molecular weight is 392 g/mol. The summed E-state index contributed by atoms with van der Waals surface area (Å²) >= 11 is 0. The first-order valence-corrected chi connectivity index (χ1v) is 6.73. The summed E-state index contributed by atoms with van der Waals surface area (Å²) in [6.07, 6.45) is 2.77. The smallest absolute Gasteiger partial charge is 0.218 e. The third-order valence-corrected chi connectivity index (χ3v) is 2.79. The highest BCUT2D eigenvalue weighted by atomic mass is 127. The van der Waals surface area contributed by atoms with Crippen LogP contribution in [0.2, 0.25) is 0 Å².